The maximum atomic E-state index is 13.2. The molecular formula is C28H35N3O3. The second kappa shape index (κ2) is 10.7. The number of piperidine rings is 1. The van der Waals surface area contributed by atoms with E-state index in [0.717, 1.165) is 61.3 Å². The summed E-state index contributed by atoms with van der Waals surface area (Å²) in [6.07, 6.45) is 7.17. The number of Topliss-reactive ketones (excluding diaryl/α,β-unsaturated/α-hetero) is 1. The number of hydrogen-bond acceptors (Lipinski definition) is 5. The maximum absolute atomic E-state index is 13.2. The number of benzene rings is 2. The fourth-order valence-electron chi connectivity index (χ4n) is 5.38. The van der Waals surface area contributed by atoms with Gasteiger partial charge in [-0.25, -0.2) is 0 Å². The number of nitrogens with zero attached hydrogens (tertiary/aromatic N) is 2. The van der Waals surface area contributed by atoms with Crippen LogP contribution in [0.2, 0.25) is 0 Å². The highest BCUT2D eigenvalue weighted by Crippen LogP contribution is 2.30. The Morgan fingerprint density at radius 2 is 1.59 bits per heavy atom. The average Bonchev–Trinajstić information content (AvgIpc) is 3.57. The van der Waals surface area contributed by atoms with Gasteiger partial charge in [-0.1, -0.05) is 12.5 Å². The van der Waals surface area contributed by atoms with Crippen molar-refractivity contribution in [3.8, 4) is 5.75 Å². The molecule has 3 heterocycles. The topological polar surface area (TPSA) is 61.9 Å². The number of carbonyl (C=O) groups excluding carboxylic acids is 2. The minimum atomic E-state index is -0.373. The number of rotatable bonds is 8. The van der Waals surface area contributed by atoms with Crippen molar-refractivity contribution in [1.29, 1.82) is 0 Å². The second-order valence-electron chi connectivity index (χ2n) is 9.72. The van der Waals surface area contributed by atoms with E-state index in [2.05, 4.69) is 10.2 Å². The molecule has 0 aromatic heterocycles. The van der Waals surface area contributed by atoms with Crippen LogP contribution in [-0.2, 0) is 6.54 Å². The van der Waals surface area contributed by atoms with Gasteiger partial charge >= 0.3 is 0 Å². The molecule has 2 saturated heterocycles. The van der Waals surface area contributed by atoms with Crippen LogP contribution in [0.4, 0.5) is 0 Å². The van der Waals surface area contributed by atoms with Gasteiger partial charge in [0.15, 0.2) is 5.78 Å². The van der Waals surface area contributed by atoms with Crippen LogP contribution >= 0.6 is 0 Å². The highest BCUT2D eigenvalue weighted by atomic mass is 16.5. The number of amides is 1. The summed E-state index contributed by atoms with van der Waals surface area (Å²) in [5, 5.41) is 3.33. The molecule has 2 aromatic carbocycles. The van der Waals surface area contributed by atoms with Gasteiger partial charge in [-0.3, -0.25) is 14.9 Å². The molecule has 1 amide bonds. The van der Waals surface area contributed by atoms with Crippen LogP contribution in [0.5, 0.6) is 5.75 Å². The van der Waals surface area contributed by atoms with Crippen LogP contribution in [0.15, 0.2) is 42.5 Å². The van der Waals surface area contributed by atoms with Gasteiger partial charge in [-0.2, -0.15) is 0 Å². The van der Waals surface area contributed by atoms with Gasteiger partial charge in [-0.05, 0) is 92.7 Å². The van der Waals surface area contributed by atoms with Gasteiger partial charge in [0.05, 0.1) is 12.6 Å². The van der Waals surface area contributed by atoms with Crippen LogP contribution in [0.1, 0.15) is 76.4 Å². The van der Waals surface area contributed by atoms with Crippen LogP contribution in [0.3, 0.4) is 0 Å². The lowest BCUT2D eigenvalue weighted by Crippen LogP contribution is -2.31. The lowest BCUT2D eigenvalue weighted by Gasteiger charge is -2.26. The Labute approximate surface area is 202 Å². The first-order chi connectivity index (χ1) is 16.7. The van der Waals surface area contributed by atoms with Crippen LogP contribution in [-0.4, -0.2) is 60.8 Å². The van der Waals surface area contributed by atoms with Gasteiger partial charge in [-0.15, -0.1) is 0 Å². The van der Waals surface area contributed by atoms with Gasteiger partial charge < -0.3 is 14.5 Å². The predicted molar refractivity (Wildman–Crippen MR) is 132 cm³/mol. The Morgan fingerprint density at radius 1 is 0.882 bits per heavy atom. The van der Waals surface area contributed by atoms with Gasteiger partial charge in [0.1, 0.15) is 5.75 Å². The van der Waals surface area contributed by atoms with E-state index in [1.54, 1.807) is 0 Å². The lowest BCUT2D eigenvalue weighted by molar-refractivity contribution is 0.0792. The maximum Gasteiger partial charge on any atom is 0.253 e. The Balaban J connectivity index is 1.15. The molecule has 3 aliphatic heterocycles. The number of fused-ring (bicyclic) bond motifs is 1. The highest BCUT2D eigenvalue weighted by molar-refractivity contribution is 6.01. The third kappa shape index (κ3) is 5.18. The zero-order valence-corrected chi connectivity index (χ0v) is 19.9. The Hall–Kier alpha value is -2.70. The fourth-order valence-corrected chi connectivity index (χ4v) is 5.38. The number of hydrogen-bond donors (Lipinski definition) is 1. The van der Waals surface area contributed by atoms with Crippen molar-refractivity contribution < 1.29 is 14.3 Å². The Morgan fingerprint density at radius 3 is 2.35 bits per heavy atom. The van der Waals surface area contributed by atoms with Crippen molar-refractivity contribution in [2.24, 2.45) is 0 Å². The fraction of sp³-hybridized carbons (Fsp3) is 0.500. The summed E-state index contributed by atoms with van der Waals surface area (Å²) < 4.78 is 5.90. The van der Waals surface area contributed by atoms with Crippen LogP contribution in [0.25, 0.3) is 0 Å². The quantitative estimate of drug-likeness (QED) is 0.472. The SMILES string of the molecule is O=C(c1ccc(OCCCN2CCCCC2)cc1)C1NCc2cc(C(=O)N3CCCC3)ccc21. The minimum Gasteiger partial charge on any atom is -0.494 e. The molecule has 2 fully saturated rings. The molecule has 5 rings (SSSR count). The predicted octanol–water partition coefficient (Wildman–Crippen LogP) is 4.20. The number of carbonyl (C=O) groups is 2. The zero-order valence-electron chi connectivity index (χ0n) is 19.9. The number of likely N-dealkylation sites (tertiary alicyclic amines) is 2. The summed E-state index contributed by atoms with van der Waals surface area (Å²) in [5.41, 5.74) is 3.40. The molecule has 0 saturated carbocycles. The molecule has 34 heavy (non-hydrogen) atoms. The second-order valence-corrected chi connectivity index (χ2v) is 9.72. The number of nitrogens with one attached hydrogen (secondary N) is 1. The van der Waals surface area contributed by atoms with Crippen molar-refractivity contribution in [2.75, 3.05) is 39.3 Å². The Bertz CT molecular complexity index is 1010. The molecule has 1 N–H and O–H groups in total. The molecule has 2 aromatic rings. The van der Waals surface area contributed by atoms with E-state index in [9.17, 15) is 9.59 Å². The summed E-state index contributed by atoms with van der Waals surface area (Å²) >= 11 is 0. The molecule has 180 valence electrons. The molecule has 6 heteroatoms. The summed E-state index contributed by atoms with van der Waals surface area (Å²) in [5.74, 6) is 0.954. The molecule has 6 nitrogen and oxygen atoms in total. The summed E-state index contributed by atoms with van der Waals surface area (Å²) in [6, 6.07) is 12.9. The highest BCUT2D eigenvalue weighted by Gasteiger charge is 2.30. The number of ketones is 1. The number of ether oxygens (including phenoxy) is 1. The first-order valence-corrected chi connectivity index (χ1v) is 12.8. The molecule has 0 bridgehead atoms. The van der Waals surface area contributed by atoms with E-state index in [4.69, 9.17) is 4.74 Å². The van der Waals surface area contributed by atoms with Crippen LogP contribution in [0, 0.1) is 0 Å². The first-order valence-electron chi connectivity index (χ1n) is 12.8. The van der Waals surface area contributed by atoms with E-state index in [1.807, 2.05) is 47.4 Å². The molecule has 0 radical (unpaired) electrons. The minimum absolute atomic E-state index is 0.0500. The van der Waals surface area contributed by atoms with Gasteiger partial charge in [0, 0.05) is 37.3 Å². The summed E-state index contributed by atoms with van der Waals surface area (Å²) in [4.78, 5) is 30.4. The van der Waals surface area contributed by atoms with E-state index in [0.29, 0.717) is 18.7 Å². The molecule has 3 aliphatic rings. The summed E-state index contributed by atoms with van der Waals surface area (Å²) in [7, 11) is 0. The molecule has 1 unspecified atom stereocenters. The molecule has 0 spiro atoms. The molecule has 0 aliphatic carbocycles. The third-order valence-corrected chi connectivity index (χ3v) is 7.33. The van der Waals surface area contributed by atoms with Crippen molar-refractivity contribution >= 4 is 11.7 Å². The van der Waals surface area contributed by atoms with Crippen molar-refractivity contribution in [3.63, 3.8) is 0 Å². The van der Waals surface area contributed by atoms with Crippen molar-refractivity contribution in [2.45, 2.75) is 51.1 Å². The van der Waals surface area contributed by atoms with Crippen molar-refractivity contribution in [1.82, 2.24) is 15.1 Å². The zero-order chi connectivity index (χ0) is 23.3. The largest absolute Gasteiger partial charge is 0.494 e. The standard InChI is InChI=1S/C28H35N3O3/c32-27(21-7-10-24(11-8-21)34-18-6-15-30-13-2-1-3-14-30)26-25-12-9-22(19-23(25)20-29-26)28(33)31-16-4-5-17-31/h7-12,19,26,29H,1-6,13-18,20H2. The smallest absolute Gasteiger partial charge is 0.253 e. The monoisotopic (exact) mass is 461 g/mol. The Kier molecular flexibility index (Phi) is 7.26. The van der Waals surface area contributed by atoms with E-state index in [-0.39, 0.29) is 17.7 Å². The average molecular weight is 462 g/mol. The normalized spacial score (nSPS) is 20.4. The van der Waals surface area contributed by atoms with E-state index in [1.165, 1.54) is 32.4 Å². The molecular weight excluding hydrogens is 426 g/mol. The van der Waals surface area contributed by atoms with Crippen molar-refractivity contribution in [3.05, 3.63) is 64.7 Å². The van der Waals surface area contributed by atoms with Gasteiger partial charge in [0.2, 0.25) is 0 Å². The third-order valence-electron chi connectivity index (χ3n) is 7.33. The first kappa shape index (κ1) is 23.1. The lowest BCUT2D eigenvalue weighted by atomic mass is 9.96. The van der Waals surface area contributed by atoms with E-state index < -0.39 is 0 Å². The molecule has 1 atom stereocenters. The van der Waals surface area contributed by atoms with E-state index >= 15 is 0 Å². The van der Waals surface area contributed by atoms with Gasteiger partial charge in [0.25, 0.3) is 5.91 Å². The van der Waals surface area contributed by atoms with Crippen LogP contribution < -0.4 is 10.1 Å². The summed E-state index contributed by atoms with van der Waals surface area (Å²) in [6.45, 7) is 6.50.